The maximum absolute atomic E-state index is 10.3. The van der Waals surface area contributed by atoms with E-state index in [0.29, 0.717) is 11.0 Å². The molecule has 0 saturated carbocycles. The second-order valence-corrected chi connectivity index (χ2v) is 2.33. The first kappa shape index (κ1) is 9.91. The van der Waals surface area contributed by atoms with E-state index in [1.165, 1.54) is 0 Å². The Balaban J connectivity index is 0.000000845. The van der Waals surface area contributed by atoms with Gasteiger partial charge in [-0.05, 0) is 17.1 Å². The van der Waals surface area contributed by atoms with Crippen molar-refractivity contribution in [2.75, 3.05) is 0 Å². The molecule has 1 aromatic carbocycles. The van der Waals surface area contributed by atoms with Crippen LogP contribution in [0.4, 0.5) is 5.95 Å². The Kier molecular flexibility index (Phi) is 2.82. The number of nitro groups is 1. The van der Waals surface area contributed by atoms with Gasteiger partial charge in [0.15, 0.2) is 5.52 Å². The summed E-state index contributed by atoms with van der Waals surface area (Å²) >= 11 is 0. The third-order valence-corrected chi connectivity index (χ3v) is 1.55. The minimum atomic E-state index is -0.542. The molecule has 0 saturated heterocycles. The number of para-hydroxylation sites is 2. The van der Waals surface area contributed by atoms with E-state index in [-0.39, 0.29) is 28.3 Å². The first-order chi connectivity index (χ1) is 5.77. The van der Waals surface area contributed by atoms with E-state index >= 15 is 0 Å². The first-order valence-corrected chi connectivity index (χ1v) is 3.36. The molecule has 1 radical (unpaired) electrons. The second kappa shape index (κ2) is 3.69. The zero-order valence-electron chi connectivity index (χ0n) is 6.32. The molecule has 2 aromatic rings. The third kappa shape index (κ3) is 1.77. The number of fused-ring (bicyclic) bond motifs is 1. The largest absolute Gasteiger partial charge is 0.433 e. The summed E-state index contributed by atoms with van der Waals surface area (Å²) in [6, 6.07) is 7.05. The quantitative estimate of drug-likeness (QED) is 0.485. The molecule has 1 heterocycles. The van der Waals surface area contributed by atoms with Crippen molar-refractivity contribution < 1.29 is 27.3 Å². The van der Waals surface area contributed by atoms with Gasteiger partial charge in [-0.1, -0.05) is 17.1 Å². The fourth-order valence-electron chi connectivity index (χ4n) is 1.03. The molecule has 6 heteroatoms. The van der Waals surface area contributed by atoms with Gasteiger partial charge >= 0.3 is 5.95 Å². The van der Waals surface area contributed by atoms with E-state index in [1.54, 1.807) is 24.3 Å². The summed E-state index contributed by atoms with van der Waals surface area (Å²) in [4.78, 5) is 16.1. The van der Waals surface area contributed by atoms with Gasteiger partial charge in [0.1, 0.15) is 5.52 Å². The van der Waals surface area contributed by atoms with E-state index in [9.17, 15) is 10.1 Å². The van der Waals surface area contributed by atoms with Crippen molar-refractivity contribution in [3.63, 3.8) is 0 Å². The minimum absolute atomic E-state index is 0. The number of rotatable bonds is 1. The molecule has 13 heavy (non-hydrogen) atoms. The van der Waals surface area contributed by atoms with Crippen LogP contribution in [0.3, 0.4) is 0 Å². The van der Waals surface area contributed by atoms with E-state index in [2.05, 4.69) is 9.97 Å². The number of hydrogen-bond donors (Lipinski definition) is 1. The van der Waals surface area contributed by atoms with Gasteiger partial charge in [0.2, 0.25) is 0 Å². The zero-order valence-corrected chi connectivity index (χ0v) is 7.80. The van der Waals surface area contributed by atoms with Crippen LogP contribution in [0.5, 0.6) is 0 Å². The summed E-state index contributed by atoms with van der Waals surface area (Å²) < 4.78 is 0. The van der Waals surface area contributed by atoms with Gasteiger partial charge in [0, 0.05) is 22.4 Å². The van der Waals surface area contributed by atoms with Gasteiger partial charge in [0.05, 0.1) is 0 Å². The molecule has 0 amide bonds. The summed E-state index contributed by atoms with van der Waals surface area (Å²) in [5, 5.41) is 10.3. The minimum Gasteiger partial charge on any atom is -0.390 e. The van der Waals surface area contributed by atoms with Crippen molar-refractivity contribution in [3.8, 4) is 0 Å². The maximum Gasteiger partial charge on any atom is 0.433 e. The van der Waals surface area contributed by atoms with Crippen molar-refractivity contribution in [1.29, 1.82) is 0 Å². The van der Waals surface area contributed by atoms with Crippen molar-refractivity contribution in [2.24, 2.45) is 0 Å². The molecule has 1 aromatic heterocycles. The summed E-state index contributed by atoms with van der Waals surface area (Å²) in [6.45, 7) is 0. The van der Waals surface area contributed by atoms with Crippen LogP contribution in [-0.4, -0.2) is 14.9 Å². The summed E-state index contributed by atoms with van der Waals surface area (Å²) in [5.41, 5.74) is 1.30. The van der Waals surface area contributed by atoms with Gasteiger partial charge in [-0.2, -0.15) is 0 Å². The number of imidazole rings is 1. The van der Waals surface area contributed by atoms with Crippen molar-refractivity contribution in [1.82, 2.24) is 9.97 Å². The Morgan fingerprint density at radius 1 is 1.38 bits per heavy atom. The number of nitrogens with one attached hydrogen (secondary N) is 1. The molecular weight excluding hydrogens is 266 g/mol. The fourth-order valence-corrected chi connectivity index (χ4v) is 1.03. The van der Waals surface area contributed by atoms with Crippen molar-refractivity contribution >= 4 is 17.0 Å². The SMILES string of the molecule is O=[N+]([O-])c1nc2ccccc2[nH]1.[Ag]. The average molecular weight is 271 g/mol. The van der Waals surface area contributed by atoms with Gasteiger partial charge in [-0.25, -0.2) is 4.98 Å². The van der Waals surface area contributed by atoms with Gasteiger partial charge in [-0.15, -0.1) is 0 Å². The first-order valence-electron chi connectivity index (χ1n) is 3.36. The average Bonchev–Trinajstić information content (AvgIpc) is 2.46. The Labute approximate surface area is 88.8 Å². The van der Waals surface area contributed by atoms with Crippen LogP contribution >= 0.6 is 0 Å². The molecule has 0 aliphatic rings. The van der Waals surface area contributed by atoms with E-state index < -0.39 is 4.92 Å². The molecule has 2 rings (SSSR count). The monoisotopic (exact) mass is 270 g/mol. The Hall–Kier alpha value is -1.17. The van der Waals surface area contributed by atoms with E-state index in [4.69, 9.17) is 0 Å². The Morgan fingerprint density at radius 3 is 2.69 bits per heavy atom. The smallest absolute Gasteiger partial charge is 0.390 e. The topological polar surface area (TPSA) is 71.8 Å². The molecule has 0 unspecified atom stereocenters. The number of H-pyrrole nitrogens is 1. The van der Waals surface area contributed by atoms with Crippen LogP contribution in [0.25, 0.3) is 11.0 Å². The van der Waals surface area contributed by atoms with Gasteiger partial charge < -0.3 is 10.1 Å². The predicted octanol–water partition coefficient (Wildman–Crippen LogP) is 1.47. The Bertz CT molecular complexity index is 407. The third-order valence-electron chi connectivity index (χ3n) is 1.55. The molecule has 0 aliphatic heterocycles. The van der Waals surface area contributed by atoms with Crippen LogP contribution < -0.4 is 0 Å². The molecule has 71 valence electrons. The molecule has 1 N–H and O–H groups in total. The van der Waals surface area contributed by atoms with E-state index in [1.807, 2.05) is 0 Å². The molecule has 0 atom stereocenters. The van der Waals surface area contributed by atoms with Gasteiger partial charge in [-0.3, -0.25) is 0 Å². The standard InChI is InChI=1S/C7H5N3O2.Ag/c11-10(12)7-8-5-3-1-2-4-6(5)9-7;/h1-4H,(H,8,9);. The zero-order chi connectivity index (χ0) is 8.55. The molecule has 0 spiro atoms. The fraction of sp³-hybridized carbons (Fsp3) is 0. The van der Waals surface area contributed by atoms with Crippen LogP contribution in [0, 0.1) is 10.1 Å². The number of nitrogens with zero attached hydrogens (tertiary/aromatic N) is 2. The Morgan fingerprint density at radius 2 is 2.08 bits per heavy atom. The number of hydrogen-bond acceptors (Lipinski definition) is 3. The molecule has 0 bridgehead atoms. The number of aromatic amines is 1. The summed E-state index contributed by atoms with van der Waals surface area (Å²) in [5.74, 6) is -0.212. The van der Waals surface area contributed by atoms with Crippen molar-refractivity contribution in [3.05, 3.63) is 34.4 Å². The number of aromatic nitrogens is 2. The van der Waals surface area contributed by atoms with Crippen LogP contribution in [0.15, 0.2) is 24.3 Å². The molecular formula is C7H5AgN3O2. The number of benzene rings is 1. The van der Waals surface area contributed by atoms with Gasteiger partial charge in [0.25, 0.3) is 0 Å². The summed E-state index contributed by atoms with van der Waals surface area (Å²) in [7, 11) is 0. The van der Waals surface area contributed by atoms with Crippen molar-refractivity contribution in [2.45, 2.75) is 0 Å². The molecule has 0 aliphatic carbocycles. The maximum atomic E-state index is 10.3. The molecule has 5 nitrogen and oxygen atoms in total. The predicted molar refractivity (Wildman–Crippen MR) is 42.7 cm³/mol. The molecule has 0 fully saturated rings. The van der Waals surface area contributed by atoms with E-state index in [0.717, 1.165) is 0 Å². The van der Waals surface area contributed by atoms with Crippen LogP contribution in [0.2, 0.25) is 0 Å². The normalized spacial score (nSPS) is 9.54. The summed E-state index contributed by atoms with van der Waals surface area (Å²) in [6.07, 6.45) is 0. The second-order valence-electron chi connectivity index (χ2n) is 2.33. The van der Waals surface area contributed by atoms with Crippen LogP contribution in [-0.2, 0) is 22.4 Å². The van der Waals surface area contributed by atoms with Crippen LogP contribution in [0.1, 0.15) is 0 Å².